The zero-order valence-corrected chi connectivity index (χ0v) is 11.2. The van der Waals surface area contributed by atoms with Crippen LogP contribution < -0.4 is 5.32 Å². The van der Waals surface area contributed by atoms with E-state index in [2.05, 4.69) is 19.2 Å². The van der Waals surface area contributed by atoms with Crippen molar-refractivity contribution in [3.05, 3.63) is 0 Å². The number of hydrogen-bond donors (Lipinski definition) is 2. The first-order chi connectivity index (χ1) is 7.40. The van der Waals surface area contributed by atoms with E-state index in [9.17, 15) is 4.79 Å². The first-order valence-electron chi connectivity index (χ1n) is 6.00. The molecule has 0 bridgehead atoms. The molecule has 0 aliphatic carbocycles. The van der Waals surface area contributed by atoms with Crippen LogP contribution in [0.3, 0.4) is 0 Å². The van der Waals surface area contributed by atoms with E-state index in [1.807, 2.05) is 25.8 Å². The van der Waals surface area contributed by atoms with Crippen LogP contribution in [0.2, 0.25) is 0 Å². The lowest BCUT2D eigenvalue weighted by Gasteiger charge is -2.28. The zero-order valence-electron chi connectivity index (χ0n) is 11.2. The van der Waals surface area contributed by atoms with E-state index in [1.54, 1.807) is 0 Å². The van der Waals surface area contributed by atoms with Gasteiger partial charge in [0.1, 0.15) is 0 Å². The van der Waals surface area contributed by atoms with Crippen LogP contribution >= 0.6 is 0 Å². The van der Waals surface area contributed by atoms with Crippen LogP contribution in [-0.2, 0) is 4.79 Å². The lowest BCUT2D eigenvalue weighted by molar-refractivity contribution is -0.126. The Balaban J connectivity index is 3.98. The Morgan fingerprint density at radius 3 is 2.31 bits per heavy atom. The van der Waals surface area contributed by atoms with Gasteiger partial charge in [-0.1, -0.05) is 13.8 Å². The minimum absolute atomic E-state index is 0.00542. The second-order valence-corrected chi connectivity index (χ2v) is 4.85. The Kier molecular flexibility index (Phi) is 7.34. The van der Waals surface area contributed by atoms with Gasteiger partial charge in [0.05, 0.1) is 12.6 Å². The predicted molar refractivity (Wildman–Crippen MR) is 66.2 cm³/mol. The normalized spacial score (nSPS) is 15.2. The molecule has 0 radical (unpaired) electrons. The lowest BCUT2D eigenvalue weighted by Crippen LogP contribution is -2.48. The smallest absolute Gasteiger partial charge is 0.237 e. The summed E-state index contributed by atoms with van der Waals surface area (Å²) in [7, 11) is 1.85. The number of carbonyl (C=O) groups excluding carboxylic acids is 1. The van der Waals surface area contributed by atoms with Crippen LogP contribution in [0.1, 0.15) is 34.1 Å². The van der Waals surface area contributed by atoms with Crippen LogP contribution in [0.4, 0.5) is 0 Å². The fourth-order valence-corrected chi connectivity index (χ4v) is 1.33. The number of nitrogens with one attached hydrogen (secondary N) is 1. The Hall–Kier alpha value is -0.610. The highest BCUT2D eigenvalue weighted by Gasteiger charge is 2.21. The van der Waals surface area contributed by atoms with Crippen molar-refractivity contribution in [3.63, 3.8) is 0 Å². The first kappa shape index (κ1) is 15.4. The molecule has 2 N–H and O–H groups in total. The summed E-state index contributed by atoms with van der Waals surface area (Å²) in [6.45, 7) is 8.82. The third-order valence-electron chi connectivity index (χ3n) is 2.97. The van der Waals surface area contributed by atoms with Crippen LogP contribution in [-0.4, -0.2) is 48.2 Å². The molecule has 0 spiro atoms. The second kappa shape index (κ2) is 7.63. The van der Waals surface area contributed by atoms with Crippen LogP contribution in [0.25, 0.3) is 0 Å². The summed E-state index contributed by atoms with van der Waals surface area (Å²) in [5.74, 6) is 0.633. The number of carbonyl (C=O) groups is 1. The number of likely N-dealkylation sites (N-methyl/N-ethyl adjacent to an activating group) is 1. The highest BCUT2D eigenvalue weighted by molar-refractivity contribution is 5.81. The third kappa shape index (κ3) is 5.47. The lowest BCUT2D eigenvalue weighted by atomic mass is 10.1. The molecule has 0 aromatic carbocycles. The van der Waals surface area contributed by atoms with Crippen LogP contribution in [0, 0.1) is 5.92 Å². The molecule has 4 nitrogen and oxygen atoms in total. The maximum atomic E-state index is 11.8. The molecular weight excluding hydrogens is 204 g/mol. The molecule has 0 aromatic heterocycles. The number of rotatable bonds is 7. The predicted octanol–water partition coefficient (Wildman–Crippen LogP) is 0.850. The quantitative estimate of drug-likeness (QED) is 0.682. The van der Waals surface area contributed by atoms with Gasteiger partial charge in [-0.25, -0.2) is 0 Å². The standard InChI is InChI=1S/C12H26N2O2/c1-9(2)6-7-13-12(16)11(4)14(5)10(3)8-15/h9-11,15H,6-8H2,1-5H3,(H,13,16). The number of amides is 1. The van der Waals surface area contributed by atoms with Gasteiger partial charge in [0.25, 0.3) is 0 Å². The van der Waals surface area contributed by atoms with Crippen molar-refractivity contribution >= 4 is 5.91 Å². The Labute approximate surface area is 99.0 Å². The van der Waals surface area contributed by atoms with Gasteiger partial charge in [-0.15, -0.1) is 0 Å². The average molecular weight is 230 g/mol. The molecule has 4 heteroatoms. The van der Waals surface area contributed by atoms with Crippen LogP contribution in [0.5, 0.6) is 0 Å². The van der Waals surface area contributed by atoms with Crippen molar-refractivity contribution in [1.29, 1.82) is 0 Å². The van der Waals surface area contributed by atoms with Crippen molar-refractivity contribution in [1.82, 2.24) is 10.2 Å². The number of aliphatic hydroxyl groups excluding tert-OH is 1. The van der Waals surface area contributed by atoms with E-state index in [-0.39, 0.29) is 24.6 Å². The van der Waals surface area contributed by atoms with Gasteiger partial charge in [-0.05, 0) is 33.2 Å². The maximum absolute atomic E-state index is 11.8. The molecule has 0 rings (SSSR count). The van der Waals surface area contributed by atoms with E-state index in [0.717, 1.165) is 13.0 Å². The minimum atomic E-state index is -0.200. The maximum Gasteiger partial charge on any atom is 0.237 e. The van der Waals surface area contributed by atoms with Crippen LogP contribution in [0.15, 0.2) is 0 Å². The summed E-state index contributed by atoms with van der Waals surface area (Å²) in [5, 5.41) is 11.9. The zero-order chi connectivity index (χ0) is 12.7. The molecule has 2 unspecified atom stereocenters. The second-order valence-electron chi connectivity index (χ2n) is 4.85. The highest BCUT2D eigenvalue weighted by atomic mass is 16.3. The SMILES string of the molecule is CC(C)CCNC(=O)C(C)N(C)C(C)CO. The number of hydrogen-bond acceptors (Lipinski definition) is 3. The molecular formula is C12H26N2O2. The van der Waals surface area contributed by atoms with E-state index in [4.69, 9.17) is 5.11 Å². The fraction of sp³-hybridized carbons (Fsp3) is 0.917. The number of nitrogens with zero attached hydrogens (tertiary/aromatic N) is 1. The summed E-state index contributed by atoms with van der Waals surface area (Å²) >= 11 is 0. The van der Waals surface area contributed by atoms with Crippen molar-refractivity contribution in [3.8, 4) is 0 Å². The fourth-order valence-electron chi connectivity index (χ4n) is 1.33. The van der Waals surface area contributed by atoms with E-state index < -0.39 is 0 Å². The molecule has 0 aromatic rings. The van der Waals surface area contributed by atoms with Gasteiger partial charge in [0, 0.05) is 12.6 Å². The van der Waals surface area contributed by atoms with Crippen molar-refractivity contribution in [2.45, 2.75) is 46.2 Å². The molecule has 2 atom stereocenters. The Morgan fingerprint density at radius 2 is 1.88 bits per heavy atom. The largest absolute Gasteiger partial charge is 0.395 e. The molecule has 0 heterocycles. The third-order valence-corrected chi connectivity index (χ3v) is 2.97. The van der Waals surface area contributed by atoms with Crippen molar-refractivity contribution < 1.29 is 9.90 Å². The summed E-state index contributed by atoms with van der Waals surface area (Å²) < 4.78 is 0. The number of aliphatic hydroxyl groups is 1. The topological polar surface area (TPSA) is 52.6 Å². The van der Waals surface area contributed by atoms with Gasteiger partial charge in [0.15, 0.2) is 0 Å². The van der Waals surface area contributed by atoms with Gasteiger partial charge in [-0.3, -0.25) is 9.69 Å². The molecule has 96 valence electrons. The average Bonchev–Trinajstić information content (AvgIpc) is 2.25. The Bertz CT molecular complexity index is 207. The van der Waals surface area contributed by atoms with E-state index in [0.29, 0.717) is 5.92 Å². The molecule has 1 amide bonds. The van der Waals surface area contributed by atoms with Crippen molar-refractivity contribution in [2.75, 3.05) is 20.2 Å². The molecule has 16 heavy (non-hydrogen) atoms. The molecule has 0 saturated carbocycles. The van der Waals surface area contributed by atoms with Gasteiger partial charge in [0.2, 0.25) is 5.91 Å². The van der Waals surface area contributed by atoms with E-state index >= 15 is 0 Å². The minimum Gasteiger partial charge on any atom is -0.395 e. The summed E-state index contributed by atoms with van der Waals surface area (Å²) in [6.07, 6.45) is 0.998. The van der Waals surface area contributed by atoms with Crippen molar-refractivity contribution in [2.24, 2.45) is 5.92 Å². The molecule has 0 fully saturated rings. The monoisotopic (exact) mass is 230 g/mol. The summed E-state index contributed by atoms with van der Waals surface area (Å²) in [4.78, 5) is 13.6. The summed E-state index contributed by atoms with van der Waals surface area (Å²) in [5.41, 5.74) is 0. The first-order valence-corrected chi connectivity index (χ1v) is 6.00. The van der Waals surface area contributed by atoms with E-state index in [1.165, 1.54) is 0 Å². The molecule has 0 aliphatic rings. The van der Waals surface area contributed by atoms with Gasteiger partial charge < -0.3 is 10.4 Å². The van der Waals surface area contributed by atoms with Gasteiger partial charge in [-0.2, -0.15) is 0 Å². The summed E-state index contributed by atoms with van der Waals surface area (Å²) in [6, 6.07) is -0.194. The Morgan fingerprint density at radius 1 is 1.31 bits per heavy atom. The molecule has 0 saturated heterocycles. The molecule has 0 aliphatic heterocycles. The highest BCUT2D eigenvalue weighted by Crippen LogP contribution is 2.02. The van der Waals surface area contributed by atoms with Gasteiger partial charge >= 0.3 is 0 Å².